The molecular formula is C12H14O2Se. The molecule has 2 rings (SSSR count). The van der Waals surface area contributed by atoms with Gasteiger partial charge in [0, 0.05) is 0 Å². The summed E-state index contributed by atoms with van der Waals surface area (Å²) < 4.78 is 6.65. The van der Waals surface area contributed by atoms with E-state index < -0.39 is 0 Å². The van der Waals surface area contributed by atoms with Crippen molar-refractivity contribution in [1.82, 2.24) is 0 Å². The summed E-state index contributed by atoms with van der Waals surface area (Å²) in [5, 5.41) is 0. The Kier molecular flexibility index (Phi) is 3.45. The van der Waals surface area contributed by atoms with Gasteiger partial charge in [0.05, 0.1) is 0 Å². The van der Waals surface area contributed by atoms with Crippen LogP contribution in [0.3, 0.4) is 0 Å². The van der Waals surface area contributed by atoms with Crippen LogP contribution in [0.4, 0.5) is 0 Å². The topological polar surface area (TPSA) is 26.3 Å². The van der Waals surface area contributed by atoms with E-state index in [-0.39, 0.29) is 12.1 Å². The third-order valence-electron chi connectivity index (χ3n) is 2.50. The molecule has 1 aromatic rings. The van der Waals surface area contributed by atoms with Gasteiger partial charge in [-0.15, -0.1) is 0 Å². The van der Waals surface area contributed by atoms with Crippen molar-refractivity contribution in [3.05, 3.63) is 30.3 Å². The van der Waals surface area contributed by atoms with Crippen LogP contribution >= 0.6 is 0 Å². The third kappa shape index (κ3) is 2.83. The van der Waals surface area contributed by atoms with Gasteiger partial charge in [-0.2, -0.15) is 0 Å². The Morgan fingerprint density at radius 3 is 2.73 bits per heavy atom. The molecule has 1 fully saturated rings. The molecular weight excluding hydrogens is 255 g/mol. The quantitative estimate of drug-likeness (QED) is 0.614. The molecule has 3 heteroatoms. The van der Waals surface area contributed by atoms with Gasteiger partial charge in [-0.25, -0.2) is 0 Å². The van der Waals surface area contributed by atoms with Crippen molar-refractivity contribution in [2.24, 2.45) is 0 Å². The molecule has 0 aromatic heterocycles. The summed E-state index contributed by atoms with van der Waals surface area (Å²) in [4.78, 5) is 11.5. The van der Waals surface area contributed by atoms with Crippen molar-refractivity contribution in [1.29, 1.82) is 0 Å². The fraction of sp³-hybridized carbons (Fsp3) is 0.417. The van der Waals surface area contributed by atoms with Crippen molar-refractivity contribution in [2.45, 2.75) is 30.7 Å². The Morgan fingerprint density at radius 2 is 2.13 bits per heavy atom. The molecule has 1 aromatic carbocycles. The second kappa shape index (κ2) is 4.82. The van der Waals surface area contributed by atoms with Gasteiger partial charge in [0.1, 0.15) is 0 Å². The van der Waals surface area contributed by atoms with Crippen molar-refractivity contribution in [3.63, 3.8) is 0 Å². The molecule has 1 aliphatic rings. The van der Waals surface area contributed by atoms with E-state index in [0.29, 0.717) is 26.2 Å². The van der Waals surface area contributed by atoms with Gasteiger partial charge in [0.2, 0.25) is 0 Å². The van der Waals surface area contributed by atoms with Crippen molar-refractivity contribution >= 4 is 25.4 Å². The third-order valence-corrected chi connectivity index (χ3v) is 5.06. The van der Waals surface area contributed by atoms with Crippen LogP contribution in [0.25, 0.3) is 0 Å². The second-order valence-corrected chi connectivity index (χ2v) is 6.75. The molecule has 15 heavy (non-hydrogen) atoms. The first-order valence-electron chi connectivity index (χ1n) is 5.17. The summed E-state index contributed by atoms with van der Waals surface area (Å²) in [6, 6.07) is 10.4. The van der Waals surface area contributed by atoms with Gasteiger partial charge in [-0.05, 0) is 0 Å². The summed E-state index contributed by atoms with van der Waals surface area (Å²) in [7, 11) is 0. The number of rotatable bonds is 3. The molecule has 1 saturated heterocycles. The van der Waals surface area contributed by atoms with Crippen LogP contribution < -0.4 is 4.46 Å². The van der Waals surface area contributed by atoms with Gasteiger partial charge in [-0.3, -0.25) is 0 Å². The van der Waals surface area contributed by atoms with E-state index >= 15 is 0 Å². The predicted molar refractivity (Wildman–Crippen MR) is 60.4 cm³/mol. The first kappa shape index (κ1) is 10.7. The number of carbonyl (C=O) groups is 1. The zero-order chi connectivity index (χ0) is 10.7. The van der Waals surface area contributed by atoms with Crippen molar-refractivity contribution < 1.29 is 9.53 Å². The molecule has 1 heterocycles. The van der Waals surface area contributed by atoms with Crippen molar-refractivity contribution in [2.75, 3.05) is 0 Å². The molecule has 0 spiro atoms. The van der Waals surface area contributed by atoms with E-state index in [0.717, 1.165) is 6.42 Å². The molecule has 0 aliphatic carbocycles. The molecule has 0 bridgehead atoms. The van der Waals surface area contributed by atoms with Crippen LogP contribution in [0, 0.1) is 0 Å². The zero-order valence-electron chi connectivity index (χ0n) is 8.68. The summed E-state index contributed by atoms with van der Waals surface area (Å²) in [6.45, 7) is 2.18. The van der Waals surface area contributed by atoms with Gasteiger partial charge in [0.15, 0.2) is 0 Å². The maximum atomic E-state index is 11.0. The number of esters is 1. The fourth-order valence-corrected chi connectivity index (χ4v) is 3.95. The molecule has 0 amide bonds. The number of cyclic esters (lactones) is 1. The number of benzene rings is 1. The average Bonchev–Trinajstić information content (AvgIpc) is 2.66. The Labute approximate surface area is 96.2 Å². The van der Waals surface area contributed by atoms with Gasteiger partial charge < -0.3 is 0 Å². The molecule has 0 saturated carbocycles. The minimum atomic E-state index is -0.0317. The molecule has 2 unspecified atom stereocenters. The van der Waals surface area contributed by atoms with Crippen LogP contribution in [-0.4, -0.2) is 27.0 Å². The van der Waals surface area contributed by atoms with Gasteiger partial charge >= 0.3 is 95.9 Å². The van der Waals surface area contributed by atoms with Crippen LogP contribution in [0.2, 0.25) is 4.82 Å². The Balaban J connectivity index is 1.92. The second-order valence-electron chi connectivity index (χ2n) is 3.70. The van der Waals surface area contributed by atoms with E-state index in [2.05, 4.69) is 31.2 Å². The van der Waals surface area contributed by atoms with E-state index in [4.69, 9.17) is 4.74 Å². The molecule has 2 nitrogen and oxygen atoms in total. The summed E-state index contributed by atoms with van der Waals surface area (Å²) >= 11 is 0.399. The molecule has 80 valence electrons. The van der Waals surface area contributed by atoms with E-state index in [1.807, 2.05) is 6.07 Å². The number of carbonyl (C=O) groups excluding carboxylic acids is 1. The Morgan fingerprint density at radius 1 is 1.40 bits per heavy atom. The molecule has 0 radical (unpaired) electrons. The normalized spacial score (nSPS) is 22.5. The maximum absolute atomic E-state index is 11.0. The van der Waals surface area contributed by atoms with E-state index in [9.17, 15) is 4.79 Å². The minimum absolute atomic E-state index is 0.0317. The zero-order valence-corrected chi connectivity index (χ0v) is 10.4. The van der Waals surface area contributed by atoms with Crippen molar-refractivity contribution in [3.8, 4) is 0 Å². The number of hydrogen-bond acceptors (Lipinski definition) is 2. The predicted octanol–water partition coefficient (Wildman–Crippen LogP) is 1.53. The van der Waals surface area contributed by atoms with Crippen LogP contribution in [0.5, 0.6) is 0 Å². The number of hydrogen-bond donors (Lipinski definition) is 0. The first-order chi connectivity index (χ1) is 7.25. The fourth-order valence-electron chi connectivity index (χ4n) is 1.67. The molecule has 2 atom stereocenters. The van der Waals surface area contributed by atoms with Gasteiger partial charge in [0.25, 0.3) is 0 Å². The van der Waals surface area contributed by atoms with Gasteiger partial charge in [-0.1, -0.05) is 0 Å². The summed E-state index contributed by atoms with van der Waals surface area (Å²) in [6.07, 6.45) is 1.65. The Bertz CT molecular complexity index is 337. The Hall–Kier alpha value is -0.791. The monoisotopic (exact) mass is 270 g/mol. The van der Waals surface area contributed by atoms with Crippen LogP contribution in [0.1, 0.15) is 19.8 Å². The average molecular weight is 269 g/mol. The van der Waals surface area contributed by atoms with E-state index in [1.165, 1.54) is 4.46 Å². The van der Waals surface area contributed by atoms with Crippen LogP contribution in [-0.2, 0) is 9.53 Å². The van der Waals surface area contributed by atoms with E-state index in [1.54, 1.807) is 0 Å². The molecule has 1 aliphatic heterocycles. The summed E-state index contributed by atoms with van der Waals surface area (Å²) in [5.41, 5.74) is 0. The molecule has 0 N–H and O–H groups in total. The van der Waals surface area contributed by atoms with Crippen LogP contribution in [0.15, 0.2) is 30.3 Å². The summed E-state index contributed by atoms with van der Waals surface area (Å²) in [5.74, 6) is -0.0317. The first-order valence-corrected chi connectivity index (χ1v) is 7.01. The number of ether oxygens (including phenoxy) is 1. The standard InChI is InChI=1S/C12H14O2Se/c1-9(11-7-8-12(13)14-11)15-10-5-3-2-4-6-10/h2-6,9,11H,7-8H2,1H3. The SMILES string of the molecule is CC([Se]c1ccccc1)C1CCC(=O)O1.